The van der Waals surface area contributed by atoms with Gasteiger partial charge in [-0.25, -0.2) is 17.6 Å². The smallest absolute Gasteiger partial charge is 0.185 e. The molecule has 0 aromatic heterocycles. The van der Waals surface area contributed by atoms with Crippen molar-refractivity contribution in [1.82, 2.24) is 0 Å². The SMILES string of the molecule is CCOC(CNc1c(F)c(F)cc(F)c1F)OCC. The molecule has 0 spiro atoms. The Labute approximate surface area is 108 Å². The maximum atomic E-state index is 13.3. The molecule has 1 rings (SSSR count). The Morgan fingerprint density at radius 3 is 1.89 bits per heavy atom. The van der Waals surface area contributed by atoms with E-state index in [4.69, 9.17) is 9.47 Å². The zero-order valence-corrected chi connectivity index (χ0v) is 10.6. The van der Waals surface area contributed by atoms with Gasteiger partial charge in [0.05, 0.1) is 6.54 Å². The molecule has 0 unspecified atom stereocenters. The molecule has 0 radical (unpaired) electrons. The molecule has 0 atom stereocenters. The van der Waals surface area contributed by atoms with Crippen molar-refractivity contribution in [3.05, 3.63) is 29.3 Å². The highest BCUT2D eigenvalue weighted by Gasteiger charge is 2.20. The minimum Gasteiger partial charge on any atom is -0.375 e. The van der Waals surface area contributed by atoms with Crippen LogP contribution in [0.25, 0.3) is 0 Å². The number of halogens is 4. The van der Waals surface area contributed by atoms with Crippen LogP contribution in [0.3, 0.4) is 0 Å². The number of ether oxygens (including phenoxy) is 2. The van der Waals surface area contributed by atoms with E-state index in [1.165, 1.54) is 0 Å². The van der Waals surface area contributed by atoms with E-state index in [9.17, 15) is 17.6 Å². The highest BCUT2D eigenvalue weighted by molar-refractivity contribution is 5.47. The molecule has 1 aromatic rings. The third-order valence-electron chi connectivity index (χ3n) is 2.26. The first kappa shape index (κ1) is 15.7. The van der Waals surface area contributed by atoms with Crippen molar-refractivity contribution >= 4 is 5.69 Å². The van der Waals surface area contributed by atoms with E-state index >= 15 is 0 Å². The Bertz CT molecular complexity index is 396. The molecule has 7 heteroatoms. The first-order valence-corrected chi connectivity index (χ1v) is 5.81. The van der Waals surface area contributed by atoms with E-state index in [0.29, 0.717) is 13.2 Å². The van der Waals surface area contributed by atoms with Gasteiger partial charge in [-0.15, -0.1) is 0 Å². The maximum absolute atomic E-state index is 13.3. The van der Waals surface area contributed by atoms with Crippen LogP contribution in [-0.4, -0.2) is 26.0 Å². The molecule has 0 amide bonds. The topological polar surface area (TPSA) is 30.5 Å². The van der Waals surface area contributed by atoms with E-state index in [-0.39, 0.29) is 12.6 Å². The second-order valence-electron chi connectivity index (χ2n) is 3.56. The first-order chi connectivity index (χ1) is 9.01. The Hall–Kier alpha value is -1.34. The summed E-state index contributed by atoms with van der Waals surface area (Å²) in [7, 11) is 0. The Morgan fingerprint density at radius 1 is 1.00 bits per heavy atom. The summed E-state index contributed by atoms with van der Waals surface area (Å²) in [6, 6.07) is 0.151. The quantitative estimate of drug-likeness (QED) is 0.473. The Morgan fingerprint density at radius 2 is 1.47 bits per heavy atom. The molecule has 0 saturated heterocycles. The van der Waals surface area contributed by atoms with Crippen LogP contribution in [0.2, 0.25) is 0 Å². The van der Waals surface area contributed by atoms with E-state index in [1.54, 1.807) is 13.8 Å². The first-order valence-electron chi connectivity index (χ1n) is 5.81. The molecule has 0 saturated carbocycles. The Balaban J connectivity index is 2.81. The van der Waals surface area contributed by atoms with Gasteiger partial charge in [-0.2, -0.15) is 0 Å². The third kappa shape index (κ3) is 4.07. The van der Waals surface area contributed by atoms with Gasteiger partial charge in [0.1, 0.15) is 5.69 Å². The lowest BCUT2D eigenvalue weighted by Crippen LogP contribution is -2.27. The fourth-order valence-corrected chi connectivity index (χ4v) is 1.45. The van der Waals surface area contributed by atoms with Crippen LogP contribution < -0.4 is 5.32 Å². The highest BCUT2D eigenvalue weighted by Crippen LogP contribution is 2.24. The van der Waals surface area contributed by atoms with E-state index in [2.05, 4.69) is 5.32 Å². The van der Waals surface area contributed by atoms with Crippen molar-refractivity contribution in [1.29, 1.82) is 0 Å². The number of anilines is 1. The van der Waals surface area contributed by atoms with E-state index in [0.717, 1.165) is 0 Å². The third-order valence-corrected chi connectivity index (χ3v) is 2.26. The number of benzene rings is 1. The van der Waals surface area contributed by atoms with Crippen molar-refractivity contribution < 1.29 is 27.0 Å². The standard InChI is InChI=1S/C12H15F4NO2/c1-3-18-9(19-4-2)6-17-12-10(15)7(13)5-8(14)11(12)16/h5,9,17H,3-4,6H2,1-2H3. The van der Waals surface area contributed by atoms with Crippen LogP contribution >= 0.6 is 0 Å². The van der Waals surface area contributed by atoms with Crippen molar-refractivity contribution in [2.75, 3.05) is 25.1 Å². The molecule has 0 heterocycles. The van der Waals surface area contributed by atoms with Crippen LogP contribution in [0, 0.1) is 23.3 Å². The number of nitrogens with one attached hydrogen (secondary N) is 1. The molecule has 3 nitrogen and oxygen atoms in total. The molecule has 1 aromatic carbocycles. The van der Waals surface area contributed by atoms with E-state index in [1.807, 2.05) is 0 Å². The van der Waals surface area contributed by atoms with Crippen molar-refractivity contribution in [2.24, 2.45) is 0 Å². The van der Waals surface area contributed by atoms with Crippen LogP contribution in [0.5, 0.6) is 0 Å². The zero-order chi connectivity index (χ0) is 14.4. The molecule has 0 aliphatic rings. The van der Waals surface area contributed by atoms with Crippen LogP contribution in [0.15, 0.2) is 6.07 Å². The molecular weight excluding hydrogens is 266 g/mol. The minimum atomic E-state index is -1.48. The van der Waals surface area contributed by atoms with Crippen molar-refractivity contribution in [2.45, 2.75) is 20.1 Å². The number of hydrogen-bond donors (Lipinski definition) is 1. The van der Waals surface area contributed by atoms with Gasteiger partial charge < -0.3 is 14.8 Å². The minimum absolute atomic E-state index is 0.140. The number of rotatable bonds is 7. The van der Waals surface area contributed by atoms with Crippen molar-refractivity contribution in [3.63, 3.8) is 0 Å². The van der Waals surface area contributed by atoms with Crippen LogP contribution in [0.1, 0.15) is 13.8 Å². The second-order valence-corrected chi connectivity index (χ2v) is 3.56. The van der Waals surface area contributed by atoms with Crippen LogP contribution in [-0.2, 0) is 9.47 Å². The summed E-state index contributed by atoms with van der Waals surface area (Å²) in [6.07, 6.45) is -0.764. The van der Waals surface area contributed by atoms with Crippen LogP contribution in [0.4, 0.5) is 23.2 Å². The highest BCUT2D eigenvalue weighted by atomic mass is 19.2. The normalized spacial score (nSPS) is 11.1. The number of hydrogen-bond acceptors (Lipinski definition) is 3. The van der Waals surface area contributed by atoms with Gasteiger partial charge in [-0.1, -0.05) is 0 Å². The summed E-state index contributed by atoms with van der Waals surface area (Å²) < 4.78 is 62.8. The predicted molar refractivity (Wildman–Crippen MR) is 61.8 cm³/mol. The molecule has 0 fully saturated rings. The molecule has 0 bridgehead atoms. The summed E-state index contributed by atoms with van der Waals surface area (Å²) in [4.78, 5) is 0. The molecular formula is C12H15F4NO2. The fourth-order valence-electron chi connectivity index (χ4n) is 1.45. The predicted octanol–water partition coefficient (Wildman–Crippen LogP) is 3.05. The average Bonchev–Trinajstić information content (AvgIpc) is 2.37. The Kier molecular flexibility index (Phi) is 6.04. The fraction of sp³-hybridized carbons (Fsp3) is 0.500. The molecule has 19 heavy (non-hydrogen) atoms. The average molecular weight is 281 g/mol. The van der Waals surface area contributed by atoms with Gasteiger partial charge in [-0.3, -0.25) is 0 Å². The van der Waals surface area contributed by atoms with Crippen molar-refractivity contribution in [3.8, 4) is 0 Å². The zero-order valence-electron chi connectivity index (χ0n) is 10.6. The largest absolute Gasteiger partial charge is 0.375 e. The second kappa shape index (κ2) is 7.30. The summed E-state index contributed by atoms with van der Waals surface area (Å²) in [5.41, 5.74) is -0.873. The lowest BCUT2D eigenvalue weighted by Gasteiger charge is -2.18. The lowest BCUT2D eigenvalue weighted by molar-refractivity contribution is -0.126. The van der Waals surface area contributed by atoms with Gasteiger partial charge in [0.25, 0.3) is 0 Å². The maximum Gasteiger partial charge on any atom is 0.185 e. The summed E-state index contributed by atoms with van der Waals surface area (Å²) in [5.74, 6) is -5.90. The monoisotopic (exact) mass is 281 g/mol. The molecule has 0 aliphatic heterocycles. The van der Waals surface area contributed by atoms with Gasteiger partial charge in [-0.05, 0) is 13.8 Å². The van der Waals surface area contributed by atoms with Gasteiger partial charge >= 0.3 is 0 Å². The summed E-state index contributed by atoms with van der Waals surface area (Å²) in [6.45, 7) is 3.95. The van der Waals surface area contributed by atoms with Gasteiger partial charge in [0.15, 0.2) is 29.6 Å². The van der Waals surface area contributed by atoms with Gasteiger partial charge in [0.2, 0.25) is 0 Å². The molecule has 108 valence electrons. The van der Waals surface area contributed by atoms with E-state index < -0.39 is 35.2 Å². The molecule has 1 N–H and O–H groups in total. The lowest BCUT2D eigenvalue weighted by atomic mass is 10.2. The van der Waals surface area contributed by atoms with Gasteiger partial charge in [0, 0.05) is 19.3 Å². The summed E-state index contributed by atoms with van der Waals surface area (Å²) >= 11 is 0. The molecule has 0 aliphatic carbocycles. The summed E-state index contributed by atoms with van der Waals surface area (Å²) in [5, 5.41) is 2.25.